The number of non-ortho nitro benzene ring substituents is 1. The molecule has 9 nitrogen and oxygen atoms in total. The lowest BCUT2D eigenvalue weighted by Crippen LogP contribution is -2.42. The van der Waals surface area contributed by atoms with Crippen molar-refractivity contribution in [1.82, 2.24) is 4.31 Å². The lowest BCUT2D eigenvalue weighted by molar-refractivity contribution is -0.384. The number of nitro benzene ring substituents is 1. The molecule has 0 spiro atoms. The summed E-state index contributed by atoms with van der Waals surface area (Å²) >= 11 is 5.88. The molecule has 0 aliphatic heterocycles. The van der Waals surface area contributed by atoms with Crippen molar-refractivity contribution in [3.05, 3.63) is 99.1 Å². The third-order valence-corrected chi connectivity index (χ3v) is 7.10. The number of nitrogens with two attached hydrogens (primary N) is 1. The molecule has 0 saturated carbocycles. The average Bonchev–Trinajstić information content (AvgIpc) is 2.77. The summed E-state index contributed by atoms with van der Waals surface area (Å²) < 4.78 is 28.0. The molecule has 0 heterocycles. The number of rotatable bonds is 9. The SMILES string of the molecule is NC(=O)C(c1ccccc1)N(CCc1cc([N+](=O)[O-])ccc1O)S(=O)(=O)c1ccc(Cl)cc1. The number of phenols is 1. The van der Waals surface area contributed by atoms with Crippen LogP contribution in [0.25, 0.3) is 0 Å². The molecule has 0 aromatic heterocycles. The molecule has 0 saturated heterocycles. The van der Waals surface area contributed by atoms with Crippen molar-refractivity contribution >= 4 is 33.2 Å². The Balaban J connectivity index is 2.07. The number of phenolic OH excluding ortho intramolecular Hbond substituents is 1. The second kappa shape index (κ2) is 9.99. The van der Waals surface area contributed by atoms with Crippen molar-refractivity contribution < 1.29 is 23.2 Å². The number of nitro groups is 1. The van der Waals surface area contributed by atoms with Crippen LogP contribution in [-0.2, 0) is 21.2 Å². The highest BCUT2D eigenvalue weighted by Crippen LogP contribution is 2.30. The van der Waals surface area contributed by atoms with E-state index in [-0.39, 0.29) is 34.9 Å². The van der Waals surface area contributed by atoms with Crippen LogP contribution in [-0.4, -0.2) is 35.2 Å². The number of nitrogens with zero attached hydrogens (tertiary/aromatic N) is 2. The van der Waals surface area contributed by atoms with Crippen LogP contribution in [0.15, 0.2) is 77.7 Å². The molecule has 172 valence electrons. The van der Waals surface area contributed by atoms with Crippen molar-refractivity contribution in [3.63, 3.8) is 0 Å². The van der Waals surface area contributed by atoms with Gasteiger partial charge in [0.05, 0.1) is 9.82 Å². The number of hydrogen-bond donors (Lipinski definition) is 2. The number of primary amides is 1. The summed E-state index contributed by atoms with van der Waals surface area (Å²) in [5.41, 5.74) is 5.87. The highest BCUT2D eigenvalue weighted by molar-refractivity contribution is 7.89. The predicted octanol–water partition coefficient (Wildman–Crippen LogP) is 3.41. The van der Waals surface area contributed by atoms with Gasteiger partial charge >= 0.3 is 0 Å². The van der Waals surface area contributed by atoms with Crippen LogP contribution in [0.5, 0.6) is 5.75 Å². The molecule has 0 fully saturated rings. The number of benzene rings is 3. The van der Waals surface area contributed by atoms with Crippen LogP contribution < -0.4 is 5.73 Å². The first kappa shape index (κ1) is 24.2. The van der Waals surface area contributed by atoms with Crippen LogP contribution in [0.3, 0.4) is 0 Å². The molecule has 11 heteroatoms. The molecule has 0 radical (unpaired) electrons. The molecule has 1 atom stereocenters. The second-order valence-corrected chi connectivity index (χ2v) is 9.43. The lowest BCUT2D eigenvalue weighted by atomic mass is 10.1. The summed E-state index contributed by atoms with van der Waals surface area (Å²) in [5.74, 6) is -1.14. The summed E-state index contributed by atoms with van der Waals surface area (Å²) in [7, 11) is -4.26. The van der Waals surface area contributed by atoms with Gasteiger partial charge in [-0.05, 0) is 42.3 Å². The number of carbonyl (C=O) groups is 1. The summed E-state index contributed by atoms with van der Waals surface area (Å²) in [6, 6.07) is 15.7. The van der Waals surface area contributed by atoms with Gasteiger partial charge in [0, 0.05) is 29.3 Å². The molecule has 3 aromatic carbocycles. The molecule has 33 heavy (non-hydrogen) atoms. The minimum Gasteiger partial charge on any atom is -0.508 e. The minimum atomic E-state index is -4.26. The summed E-state index contributed by atoms with van der Waals surface area (Å²) in [6.07, 6.45) is -0.114. The maximum atomic E-state index is 13.5. The van der Waals surface area contributed by atoms with Gasteiger partial charge in [0.1, 0.15) is 11.8 Å². The Morgan fingerprint density at radius 3 is 2.30 bits per heavy atom. The first-order chi connectivity index (χ1) is 15.6. The highest BCUT2D eigenvalue weighted by atomic mass is 35.5. The zero-order valence-electron chi connectivity index (χ0n) is 17.2. The van der Waals surface area contributed by atoms with E-state index in [4.69, 9.17) is 17.3 Å². The van der Waals surface area contributed by atoms with E-state index >= 15 is 0 Å². The number of hydrogen-bond acceptors (Lipinski definition) is 6. The number of amides is 1. The Bertz CT molecular complexity index is 1270. The van der Waals surface area contributed by atoms with Crippen molar-refractivity contribution in [2.75, 3.05) is 6.54 Å². The quantitative estimate of drug-likeness (QED) is 0.348. The van der Waals surface area contributed by atoms with Gasteiger partial charge in [-0.3, -0.25) is 14.9 Å². The van der Waals surface area contributed by atoms with Crippen LogP contribution in [0.2, 0.25) is 5.02 Å². The molecule has 0 bridgehead atoms. The molecule has 0 aliphatic carbocycles. The fourth-order valence-corrected chi connectivity index (χ4v) is 5.07. The van der Waals surface area contributed by atoms with Gasteiger partial charge in [-0.1, -0.05) is 41.9 Å². The number of sulfonamides is 1. The first-order valence-corrected chi connectivity index (χ1v) is 11.5. The van der Waals surface area contributed by atoms with E-state index in [2.05, 4.69) is 0 Å². The average molecular weight is 490 g/mol. The number of halogens is 1. The standard InChI is InChI=1S/C22H20ClN3O6S/c23-17-6-9-19(10-7-17)33(31,32)25(21(22(24)28)15-4-2-1-3-5-15)13-12-16-14-18(26(29)30)8-11-20(16)27/h1-11,14,21,27H,12-13H2,(H2,24,28). The zero-order valence-corrected chi connectivity index (χ0v) is 18.7. The van der Waals surface area contributed by atoms with E-state index in [0.717, 1.165) is 22.5 Å². The Morgan fingerprint density at radius 2 is 1.73 bits per heavy atom. The van der Waals surface area contributed by atoms with Crippen LogP contribution in [0.1, 0.15) is 17.2 Å². The van der Waals surface area contributed by atoms with Crippen molar-refractivity contribution in [2.45, 2.75) is 17.4 Å². The molecule has 1 unspecified atom stereocenters. The Morgan fingerprint density at radius 1 is 1.09 bits per heavy atom. The predicted molar refractivity (Wildman–Crippen MR) is 122 cm³/mol. The fourth-order valence-electron chi connectivity index (χ4n) is 3.35. The molecule has 0 aliphatic rings. The van der Waals surface area contributed by atoms with E-state index in [1.54, 1.807) is 30.3 Å². The Labute approximate surface area is 195 Å². The third-order valence-electron chi connectivity index (χ3n) is 4.97. The first-order valence-electron chi connectivity index (χ1n) is 9.69. The van der Waals surface area contributed by atoms with Crippen LogP contribution in [0, 0.1) is 10.1 Å². The van der Waals surface area contributed by atoms with Gasteiger partial charge in [-0.2, -0.15) is 4.31 Å². The van der Waals surface area contributed by atoms with E-state index in [9.17, 15) is 28.4 Å². The zero-order chi connectivity index (χ0) is 24.2. The Hall–Kier alpha value is -3.47. The summed E-state index contributed by atoms with van der Waals surface area (Å²) in [5, 5.41) is 21.6. The van der Waals surface area contributed by atoms with Crippen LogP contribution >= 0.6 is 11.6 Å². The molecule has 3 aromatic rings. The largest absolute Gasteiger partial charge is 0.508 e. The maximum Gasteiger partial charge on any atom is 0.269 e. The van der Waals surface area contributed by atoms with Gasteiger partial charge in [-0.25, -0.2) is 8.42 Å². The third kappa shape index (κ3) is 5.48. The molecule has 1 amide bonds. The Kier molecular flexibility index (Phi) is 7.32. The molecular formula is C22H20ClN3O6S. The maximum absolute atomic E-state index is 13.5. The lowest BCUT2D eigenvalue weighted by Gasteiger charge is -2.29. The van der Waals surface area contributed by atoms with E-state index in [0.29, 0.717) is 10.6 Å². The van der Waals surface area contributed by atoms with Crippen molar-refractivity contribution in [1.29, 1.82) is 0 Å². The van der Waals surface area contributed by atoms with Gasteiger partial charge in [0.2, 0.25) is 15.9 Å². The summed E-state index contributed by atoms with van der Waals surface area (Å²) in [4.78, 5) is 22.8. The normalized spacial score (nSPS) is 12.4. The van der Waals surface area contributed by atoms with E-state index in [1.165, 1.54) is 24.3 Å². The van der Waals surface area contributed by atoms with Crippen molar-refractivity contribution in [2.24, 2.45) is 5.73 Å². The van der Waals surface area contributed by atoms with Gasteiger partial charge in [0.15, 0.2) is 0 Å². The van der Waals surface area contributed by atoms with Gasteiger partial charge < -0.3 is 10.8 Å². The minimum absolute atomic E-state index is 0.114. The van der Waals surface area contributed by atoms with Gasteiger partial charge in [-0.15, -0.1) is 0 Å². The van der Waals surface area contributed by atoms with Crippen molar-refractivity contribution in [3.8, 4) is 5.75 Å². The smallest absolute Gasteiger partial charge is 0.269 e. The summed E-state index contributed by atoms with van der Waals surface area (Å²) in [6.45, 7) is -0.289. The molecular weight excluding hydrogens is 470 g/mol. The number of aromatic hydroxyl groups is 1. The monoisotopic (exact) mass is 489 g/mol. The fraction of sp³-hybridized carbons (Fsp3) is 0.136. The molecule has 3 N–H and O–H groups in total. The van der Waals surface area contributed by atoms with Gasteiger partial charge in [0.25, 0.3) is 5.69 Å². The van der Waals surface area contributed by atoms with E-state index in [1.807, 2.05) is 0 Å². The molecule has 3 rings (SSSR count). The van der Waals surface area contributed by atoms with E-state index < -0.39 is 26.9 Å². The number of carbonyl (C=O) groups excluding carboxylic acids is 1. The second-order valence-electron chi connectivity index (χ2n) is 7.11. The highest BCUT2D eigenvalue weighted by Gasteiger charge is 2.36. The topological polar surface area (TPSA) is 144 Å². The van der Waals surface area contributed by atoms with Crippen LogP contribution in [0.4, 0.5) is 5.69 Å².